The molecule has 3 N–H and O–H groups in total. The van der Waals surface area contributed by atoms with E-state index in [1.54, 1.807) is 0 Å². The third kappa shape index (κ3) is 4.04. The van der Waals surface area contributed by atoms with Gasteiger partial charge in [-0.05, 0) is 32.5 Å². The van der Waals surface area contributed by atoms with Crippen molar-refractivity contribution in [2.24, 2.45) is 0 Å². The summed E-state index contributed by atoms with van der Waals surface area (Å²) in [6.07, 6.45) is 5.52. The Kier molecular flexibility index (Phi) is 5.32. The summed E-state index contributed by atoms with van der Waals surface area (Å²) >= 11 is 0. The van der Waals surface area contributed by atoms with E-state index >= 15 is 0 Å². The van der Waals surface area contributed by atoms with Crippen LogP contribution in [0, 0.1) is 0 Å². The minimum Gasteiger partial charge on any atom is -0.290 e. The van der Waals surface area contributed by atoms with Crippen LogP contribution in [-0.4, -0.2) is 25.9 Å². The van der Waals surface area contributed by atoms with Gasteiger partial charge in [0.2, 0.25) is 0 Å². The van der Waals surface area contributed by atoms with Crippen molar-refractivity contribution < 1.29 is 0 Å². The lowest BCUT2D eigenvalue weighted by atomic mass is 10.2. The lowest BCUT2D eigenvalue weighted by Gasteiger charge is -2.25. The number of hydrogen-bond donors (Lipinski definition) is 3. The summed E-state index contributed by atoms with van der Waals surface area (Å²) in [5.41, 5.74) is 0. The van der Waals surface area contributed by atoms with E-state index in [1.165, 1.54) is 25.7 Å². The molecule has 72 valence electrons. The molecule has 1 heterocycles. The van der Waals surface area contributed by atoms with Gasteiger partial charge in [0.1, 0.15) is 6.29 Å². The smallest absolute Gasteiger partial charge is 0.111 e. The van der Waals surface area contributed by atoms with Gasteiger partial charge >= 0.3 is 0 Å². The van der Waals surface area contributed by atoms with Gasteiger partial charge in [-0.25, -0.2) is 0 Å². The molecule has 0 unspecified atom stereocenters. The Morgan fingerprint density at radius 1 is 1.25 bits per heavy atom. The Bertz CT molecular complexity index is 99.9. The minimum atomic E-state index is 0.357. The van der Waals surface area contributed by atoms with E-state index in [4.69, 9.17) is 0 Å². The van der Waals surface area contributed by atoms with Gasteiger partial charge in [-0.15, -0.1) is 0 Å². The van der Waals surface area contributed by atoms with Crippen molar-refractivity contribution in [3.8, 4) is 0 Å². The molecule has 12 heavy (non-hydrogen) atoms. The molecule has 1 rings (SSSR count). The SMILES string of the molecule is CCCCCNC1NCCCN1. The average Bonchev–Trinajstić information content (AvgIpc) is 2.14. The molecule has 3 heteroatoms. The van der Waals surface area contributed by atoms with Crippen LogP contribution < -0.4 is 16.0 Å². The van der Waals surface area contributed by atoms with Crippen LogP contribution in [0.25, 0.3) is 0 Å². The predicted octanol–water partition coefficient (Wildman–Crippen LogP) is 0.633. The summed E-state index contributed by atoms with van der Waals surface area (Å²) in [4.78, 5) is 0. The average molecular weight is 171 g/mol. The molecule has 0 aromatic rings. The summed E-state index contributed by atoms with van der Waals surface area (Å²) in [6.45, 7) is 5.63. The maximum absolute atomic E-state index is 3.43. The molecule has 0 spiro atoms. The Morgan fingerprint density at radius 3 is 2.67 bits per heavy atom. The molecule has 1 fully saturated rings. The highest BCUT2D eigenvalue weighted by atomic mass is 15.3. The summed E-state index contributed by atoms with van der Waals surface area (Å²) < 4.78 is 0. The van der Waals surface area contributed by atoms with E-state index in [9.17, 15) is 0 Å². The summed E-state index contributed by atoms with van der Waals surface area (Å²) in [7, 11) is 0. The Hall–Kier alpha value is -0.120. The molecule has 0 saturated carbocycles. The summed E-state index contributed by atoms with van der Waals surface area (Å²) in [5.74, 6) is 0. The molecule has 1 aliphatic rings. The minimum absolute atomic E-state index is 0.357. The monoisotopic (exact) mass is 171 g/mol. The quantitative estimate of drug-likeness (QED) is 0.531. The van der Waals surface area contributed by atoms with Gasteiger partial charge in [0.15, 0.2) is 0 Å². The van der Waals surface area contributed by atoms with Crippen molar-refractivity contribution in [3.05, 3.63) is 0 Å². The molecule has 0 aromatic carbocycles. The highest BCUT2D eigenvalue weighted by molar-refractivity contribution is 4.67. The van der Waals surface area contributed by atoms with Crippen LogP contribution in [0.4, 0.5) is 0 Å². The molecule has 0 radical (unpaired) electrons. The molecule has 0 atom stereocenters. The fourth-order valence-electron chi connectivity index (χ4n) is 1.42. The van der Waals surface area contributed by atoms with Gasteiger partial charge in [-0.2, -0.15) is 0 Å². The molecule has 0 amide bonds. The van der Waals surface area contributed by atoms with E-state index in [2.05, 4.69) is 22.9 Å². The molecular weight excluding hydrogens is 150 g/mol. The van der Waals surface area contributed by atoms with Crippen molar-refractivity contribution in [2.75, 3.05) is 19.6 Å². The van der Waals surface area contributed by atoms with Crippen LogP contribution in [0.2, 0.25) is 0 Å². The Balaban J connectivity index is 1.91. The molecule has 3 nitrogen and oxygen atoms in total. The van der Waals surface area contributed by atoms with Gasteiger partial charge in [-0.3, -0.25) is 16.0 Å². The maximum atomic E-state index is 3.43. The van der Waals surface area contributed by atoms with Crippen molar-refractivity contribution >= 4 is 0 Å². The number of rotatable bonds is 5. The second-order valence-corrected chi connectivity index (χ2v) is 3.36. The van der Waals surface area contributed by atoms with Gasteiger partial charge in [-0.1, -0.05) is 19.8 Å². The maximum Gasteiger partial charge on any atom is 0.111 e. The van der Waals surface area contributed by atoms with Crippen molar-refractivity contribution in [2.45, 2.75) is 38.9 Å². The van der Waals surface area contributed by atoms with E-state index < -0.39 is 0 Å². The number of nitrogens with one attached hydrogen (secondary N) is 3. The van der Waals surface area contributed by atoms with Gasteiger partial charge in [0.05, 0.1) is 0 Å². The standard InChI is InChI=1S/C9H21N3/c1-2-3-4-6-10-9-11-7-5-8-12-9/h9-12H,2-8H2,1H3. The first-order chi connectivity index (χ1) is 5.93. The second kappa shape index (κ2) is 6.40. The zero-order valence-electron chi connectivity index (χ0n) is 8.03. The zero-order valence-corrected chi connectivity index (χ0v) is 8.03. The Morgan fingerprint density at radius 2 is 2.00 bits per heavy atom. The zero-order chi connectivity index (χ0) is 8.65. The largest absolute Gasteiger partial charge is 0.290 e. The predicted molar refractivity (Wildman–Crippen MR) is 51.9 cm³/mol. The third-order valence-corrected chi connectivity index (χ3v) is 2.18. The highest BCUT2D eigenvalue weighted by Gasteiger charge is 2.08. The van der Waals surface area contributed by atoms with E-state index in [0.29, 0.717) is 6.29 Å². The van der Waals surface area contributed by atoms with Crippen LogP contribution in [0.15, 0.2) is 0 Å². The van der Waals surface area contributed by atoms with Crippen LogP contribution in [0.3, 0.4) is 0 Å². The van der Waals surface area contributed by atoms with E-state index in [0.717, 1.165) is 19.6 Å². The second-order valence-electron chi connectivity index (χ2n) is 3.36. The summed E-state index contributed by atoms with van der Waals surface area (Å²) in [6, 6.07) is 0. The van der Waals surface area contributed by atoms with Gasteiger partial charge in [0.25, 0.3) is 0 Å². The lowest BCUT2D eigenvalue weighted by Crippen LogP contribution is -2.56. The van der Waals surface area contributed by atoms with Gasteiger partial charge in [0, 0.05) is 0 Å². The van der Waals surface area contributed by atoms with E-state index in [1.807, 2.05) is 0 Å². The van der Waals surface area contributed by atoms with Crippen LogP contribution >= 0.6 is 0 Å². The molecule has 1 aliphatic heterocycles. The van der Waals surface area contributed by atoms with Crippen molar-refractivity contribution in [3.63, 3.8) is 0 Å². The van der Waals surface area contributed by atoms with Crippen LogP contribution in [0.5, 0.6) is 0 Å². The lowest BCUT2D eigenvalue weighted by molar-refractivity contribution is 0.312. The number of unbranched alkanes of at least 4 members (excludes halogenated alkanes) is 2. The number of hydrogen-bond acceptors (Lipinski definition) is 3. The highest BCUT2D eigenvalue weighted by Crippen LogP contribution is 1.92. The first-order valence-electron chi connectivity index (χ1n) is 5.13. The van der Waals surface area contributed by atoms with Crippen LogP contribution in [0.1, 0.15) is 32.6 Å². The Labute approximate surface area is 75.3 Å². The van der Waals surface area contributed by atoms with Crippen LogP contribution in [-0.2, 0) is 0 Å². The molecule has 0 aliphatic carbocycles. The third-order valence-electron chi connectivity index (χ3n) is 2.18. The first kappa shape index (κ1) is 9.96. The molecular formula is C9H21N3. The molecule has 1 saturated heterocycles. The topological polar surface area (TPSA) is 36.1 Å². The van der Waals surface area contributed by atoms with E-state index in [-0.39, 0.29) is 0 Å². The normalized spacial score (nSPS) is 19.8. The van der Waals surface area contributed by atoms with Gasteiger partial charge < -0.3 is 0 Å². The molecule has 0 bridgehead atoms. The first-order valence-corrected chi connectivity index (χ1v) is 5.13. The van der Waals surface area contributed by atoms with Crippen molar-refractivity contribution in [1.29, 1.82) is 0 Å². The summed E-state index contributed by atoms with van der Waals surface area (Å²) in [5, 5.41) is 10.2. The van der Waals surface area contributed by atoms with Crippen molar-refractivity contribution in [1.82, 2.24) is 16.0 Å². The fourth-order valence-corrected chi connectivity index (χ4v) is 1.42. The molecule has 0 aromatic heterocycles. The fraction of sp³-hybridized carbons (Fsp3) is 1.00.